The van der Waals surface area contributed by atoms with Crippen molar-refractivity contribution in [2.24, 2.45) is 0 Å². The number of hydrogen-bond donors (Lipinski definition) is 1. The van der Waals surface area contributed by atoms with Crippen LogP contribution in [0.2, 0.25) is 5.02 Å². The van der Waals surface area contributed by atoms with Gasteiger partial charge >= 0.3 is 10.1 Å². The lowest BCUT2D eigenvalue weighted by Gasteiger charge is -2.11. The van der Waals surface area contributed by atoms with Gasteiger partial charge in [0.05, 0.1) is 0 Å². The van der Waals surface area contributed by atoms with E-state index in [4.69, 9.17) is 15.8 Å². The van der Waals surface area contributed by atoms with E-state index < -0.39 is 16.0 Å². The van der Waals surface area contributed by atoms with E-state index >= 15 is 0 Å². The Kier molecular flexibility index (Phi) is 7.13. The largest absolute Gasteiger partial charge is 0.378 e. The van der Waals surface area contributed by atoms with Crippen molar-refractivity contribution in [1.82, 2.24) is 0 Å². The molecule has 1 N–H and O–H groups in total. The predicted octanol–water partition coefficient (Wildman–Crippen LogP) is 5.42. The lowest BCUT2D eigenvalue weighted by atomic mass is 10.1. The fourth-order valence-electron chi connectivity index (χ4n) is 2.50. The molecule has 31 heavy (non-hydrogen) atoms. The van der Waals surface area contributed by atoms with Gasteiger partial charge in [0.1, 0.15) is 22.3 Å². The first kappa shape index (κ1) is 22.6. The van der Waals surface area contributed by atoms with Gasteiger partial charge in [0.25, 0.3) is 5.91 Å². The van der Waals surface area contributed by atoms with E-state index in [9.17, 15) is 18.5 Å². The maximum Gasteiger partial charge on any atom is 0.339 e. The van der Waals surface area contributed by atoms with Crippen LogP contribution in [-0.4, -0.2) is 14.3 Å². The Morgan fingerprint density at radius 3 is 2.39 bits per heavy atom. The van der Waals surface area contributed by atoms with Crippen molar-refractivity contribution in [3.05, 3.63) is 93.4 Å². The van der Waals surface area contributed by atoms with Crippen molar-refractivity contribution < 1.29 is 17.4 Å². The maximum atomic E-state index is 12.6. The highest BCUT2D eigenvalue weighted by atomic mass is 79.9. The van der Waals surface area contributed by atoms with Crippen molar-refractivity contribution in [2.75, 3.05) is 5.32 Å². The molecule has 0 aliphatic heterocycles. The number of halogens is 2. The van der Waals surface area contributed by atoms with Gasteiger partial charge in [-0.1, -0.05) is 45.7 Å². The monoisotopic (exact) mass is 516 g/mol. The van der Waals surface area contributed by atoms with E-state index in [1.807, 2.05) is 6.07 Å². The maximum absolute atomic E-state index is 12.6. The molecule has 0 aromatic heterocycles. The number of benzene rings is 3. The van der Waals surface area contributed by atoms with Crippen LogP contribution < -0.4 is 9.50 Å². The molecule has 0 atom stereocenters. The van der Waals surface area contributed by atoms with Crippen molar-refractivity contribution in [3.8, 4) is 11.8 Å². The van der Waals surface area contributed by atoms with E-state index in [0.717, 1.165) is 0 Å². The SMILES string of the molecule is N#C/C(=C\c1cc(Br)ccc1OS(=O)(=O)c1ccc(Cl)cc1)C(=O)Nc1ccccc1. The number of nitrogens with zero attached hydrogens (tertiary/aromatic N) is 1. The zero-order valence-electron chi connectivity index (χ0n) is 15.7. The summed E-state index contributed by atoms with van der Waals surface area (Å²) in [7, 11) is -4.16. The standard InChI is InChI=1S/C22H14BrClN2O4S/c23-17-6-11-21(30-31(28,29)20-9-7-18(24)8-10-20)15(13-17)12-16(14-25)22(27)26-19-4-2-1-3-5-19/h1-13H,(H,26,27)/b16-12+. The molecule has 0 spiro atoms. The molecule has 0 bridgehead atoms. The van der Waals surface area contributed by atoms with E-state index in [0.29, 0.717) is 15.2 Å². The Morgan fingerprint density at radius 1 is 1.06 bits per heavy atom. The minimum absolute atomic E-state index is 0.0431. The van der Waals surface area contributed by atoms with E-state index in [2.05, 4.69) is 21.2 Å². The number of amides is 1. The Morgan fingerprint density at radius 2 is 1.74 bits per heavy atom. The summed E-state index contributed by atoms with van der Waals surface area (Å²) in [4.78, 5) is 12.4. The average molecular weight is 518 g/mol. The fraction of sp³-hybridized carbons (Fsp3) is 0. The molecule has 0 radical (unpaired) electrons. The first-order valence-electron chi connectivity index (χ1n) is 8.76. The van der Waals surface area contributed by atoms with E-state index in [-0.39, 0.29) is 21.8 Å². The second-order valence-corrected chi connectivity index (χ2v) is 9.06. The predicted molar refractivity (Wildman–Crippen MR) is 122 cm³/mol. The van der Waals surface area contributed by atoms with Crippen LogP contribution in [0.3, 0.4) is 0 Å². The van der Waals surface area contributed by atoms with Gasteiger partial charge < -0.3 is 9.50 Å². The number of nitriles is 1. The first-order chi connectivity index (χ1) is 14.8. The minimum atomic E-state index is -4.16. The Labute approximate surface area is 193 Å². The molecule has 3 aromatic carbocycles. The summed E-state index contributed by atoms with van der Waals surface area (Å²) in [6, 6.07) is 20.5. The molecule has 0 unspecified atom stereocenters. The quantitative estimate of drug-likeness (QED) is 0.268. The molecular formula is C22H14BrClN2O4S. The summed E-state index contributed by atoms with van der Waals surface area (Å²) in [6.45, 7) is 0. The number of carbonyl (C=O) groups excluding carboxylic acids is 1. The van der Waals surface area contributed by atoms with Crippen LogP contribution in [0.4, 0.5) is 5.69 Å². The van der Waals surface area contributed by atoms with Gasteiger partial charge in [-0.3, -0.25) is 4.79 Å². The van der Waals surface area contributed by atoms with Gasteiger partial charge in [0, 0.05) is 20.7 Å². The van der Waals surface area contributed by atoms with Crippen LogP contribution in [0.25, 0.3) is 6.08 Å². The number of rotatable bonds is 6. The smallest absolute Gasteiger partial charge is 0.339 e. The zero-order chi connectivity index (χ0) is 22.4. The van der Waals surface area contributed by atoms with Gasteiger partial charge in [0.2, 0.25) is 0 Å². The summed E-state index contributed by atoms with van der Waals surface area (Å²) >= 11 is 9.11. The molecular weight excluding hydrogens is 504 g/mol. The molecule has 0 saturated carbocycles. The third-order valence-corrected chi connectivity index (χ3v) is 5.96. The Bertz CT molecular complexity index is 1290. The molecule has 1 amide bonds. The third-order valence-electron chi connectivity index (χ3n) is 3.97. The van der Waals surface area contributed by atoms with Gasteiger partial charge in [-0.05, 0) is 60.7 Å². The molecule has 0 heterocycles. The van der Waals surface area contributed by atoms with Crippen LogP contribution in [-0.2, 0) is 14.9 Å². The zero-order valence-corrected chi connectivity index (χ0v) is 18.9. The Hall–Kier alpha value is -3.12. The molecule has 6 nitrogen and oxygen atoms in total. The van der Waals surface area contributed by atoms with Gasteiger partial charge in [-0.25, -0.2) is 0 Å². The summed E-state index contributed by atoms with van der Waals surface area (Å²) < 4.78 is 31.2. The van der Waals surface area contributed by atoms with Crippen molar-refractivity contribution in [3.63, 3.8) is 0 Å². The minimum Gasteiger partial charge on any atom is -0.378 e. The lowest BCUT2D eigenvalue weighted by Crippen LogP contribution is -2.14. The van der Waals surface area contributed by atoms with Crippen molar-refractivity contribution in [1.29, 1.82) is 5.26 Å². The molecule has 0 aliphatic rings. The number of hydrogen-bond acceptors (Lipinski definition) is 5. The highest BCUT2D eigenvalue weighted by molar-refractivity contribution is 9.10. The van der Waals surface area contributed by atoms with Crippen LogP contribution in [0.15, 0.2) is 87.7 Å². The summed E-state index contributed by atoms with van der Waals surface area (Å²) in [5.41, 5.74) is 0.520. The number of para-hydroxylation sites is 1. The average Bonchev–Trinajstić information content (AvgIpc) is 2.74. The van der Waals surface area contributed by atoms with Crippen LogP contribution in [0, 0.1) is 11.3 Å². The number of anilines is 1. The third kappa shape index (κ3) is 5.95. The second kappa shape index (κ2) is 9.79. The molecule has 0 fully saturated rings. The summed E-state index contributed by atoms with van der Waals surface area (Å²) in [6.07, 6.45) is 1.26. The summed E-state index contributed by atoms with van der Waals surface area (Å²) in [5, 5.41) is 12.5. The lowest BCUT2D eigenvalue weighted by molar-refractivity contribution is -0.112. The molecule has 0 saturated heterocycles. The van der Waals surface area contributed by atoms with E-state index in [1.54, 1.807) is 42.5 Å². The molecule has 0 aliphatic carbocycles. The van der Waals surface area contributed by atoms with Crippen LogP contribution in [0.5, 0.6) is 5.75 Å². The first-order valence-corrected chi connectivity index (χ1v) is 11.3. The fourth-order valence-corrected chi connectivity index (χ4v) is 3.96. The van der Waals surface area contributed by atoms with E-state index in [1.165, 1.54) is 36.4 Å². The van der Waals surface area contributed by atoms with Gasteiger partial charge in [-0.15, -0.1) is 0 Å². The Balaban J connectivity index is 1.94. The van der Waals surface area contributed by atoms with Gasteiger partial charge in [0.15, 0.2) is 0 Å². The molecule has 9 heteroatoms. The number of nitrogens with one attached hydrogen (secondary N) is 1. The van der Waals surface area contributed by atoms with Gasteiger partial charge in [-0.2, -0.15) is 13.7 Å². The number of carbonyl (C=O) groups is 1. The molecule has 3 aromatic rings. The van der Waals surface area contributed by atoms with Crippen molar-refractivity contribution in [2.45, 2.75) is 4.90 Å². The molecule has 3 rings (SSSR count). The summed E-state index contributed by atoms with van der Waals surface area (Å²) in [5.74, 6) is -0.682. The van der Waals surface area contributed by atoms with Crippen molar-refractivity contribution >= 4 is 55.3 Å². The van der Waals surface area contributed by atoms with Crippen LogP contribution >= 0.6 is 27.5 Å². The normalized spacial score (nSPS) is 11.5. The molecule has 156 valence electrons. The topological polar surface area (TPSA) is 96.3 Å². The highest BCUT2D eigenvalue weighted by Crippen LogP contribution is 2.29. The van der Waals surface area contributed by atoms with Crippen LogP contribution in [0.1, 0.15) is 5.56 Å². The highest BCUT2D eigenvalue weighted by Gasteiger charge is 2.19. The second-order valence-electron chi connectivity index (χ2n) is 6.16.